The molecule has 1 aromatic heterocycles. The Kier molecular flexibility index (Phi) is 7.23. The molecular formula is C28H31N3O4. The summed E-state index contributed by atoms with van der Waals surface area (Å²) >= 11 is 0. The Morgan fingerprint density at radius 2 is 2.03 bits per heavy atom. The first-order valence-electron chi connectivity index (χ1n) is 12.4. The number of pyridine rings is 1. The number of rotatable bonds is 7. The number of hydrogen-bond donors (Lipinski definition) is 0. The minimum absolute atomic E-state index is 0.0459. The maximum absolute atomic E-state index is 13.6. The molecule has 0 spiro atoms. The molecule has 182 valence electrons. The van der Waals surface area contributed by atoms with Gasteiger partial charge in [-0.15, -0.1) is 0 Å². The summed E-state index contributed by atoms with van der Waals surface area (Å²) in [5, 5.41) is 2.31. The average Bonchev–Trinajstić information content (AvgIpc) is 3.15. The van der Waals surface area contributed by atoms with Gasteiger partial charge in [-0.05, 0) is 42.0 Å². The van der Waals surface area contributed by atoms with Crippen molar-refractivity contribution in [3.8, 4) is 5.75 Å². The van der Waals surface area contributed by atoms with E-state index in [-0.39, 0.29) is 17.7 Å². The van der Waals surface area contributed by atoms with Gasteiger partial charge in [-0.2, -0.15) is 0 Å². The van der Waals surface area contributed by atoms with Gasteiger partial charge in [0.05, 0.1) is 25.3 Å². The fourth-order valence-electron chi connectivity index (χ4n) is 5.01. The summed E-state index contributed by atoms with van der Waals surface area (Å²) in [5.41, 5.74) is 1.80. The predicted molar refractivity (Wildman–Crippen MR) is 133 cm³/mol. The lowest BCUT2D eigenvalue weighted by atomic mass is 9.95. The van der Waals surface area contributed by atoms with Gasteiger partial charge in [-0.3, -0.25) is 14.6 Å². The summed E-state index contributed by atoms with van der Waals surface area (Å²) in [5.74, 6) is 0.883. The Balaban J connectivity index is 1.27. The highest BCUT2D eigenvalue weighted by Crippen LogP contribution is 2.25. The number of carbonyl (C=O) groups excluding carboxylic acids is 2. The zero-order valence-electron chi connectivity index (χ0n) is 19.9. The van der Waals surface area contributed by atoms with Gasteiger partial charge in [0, 0.05) is 49.8 Å². The molecule has 7 heteroatoms. The van der Waals surface area contributed by atoms with Gasteiger partial charge in [0.25, 0.3) is 5.91 Å². The van der Waals surface area contributed by atoms with E-state index in [2.05, 4.69) is 29.2 Å². The Hall–Kier alpha value is -3.45. The third kappa shape index (κ3) is 5.46. The Labute approximate surface area is 205 Å². The first kappa shape index (κ1) is 23.3. The summed E-state index contributed by atoms with van der Waals surface area (Å²) in [7, 11) is 0. The highest BCUT2D eigenvalue weighted by Gasteiger charge is 2.26. The highest BCUT2D eigenvalue weighted by molar-refractivity contribution is 5.97. The van der Waals surface area contributed by atoms with E-state index >= 15 is 0 Å². The highest BCUT2D eigenvalue weighted by atomic mass is 16.5. The minimum atomic E-state index is -0.0459. The van der Waals surface area contributed by atoms with E-state index < -0.39 is 0 Å². The molecule has 3 aromatic rings. The molecule has 0 radical (unpaired) electrons. The van der Waals surface area contributed by atoms with Gasteiger partial charge in [-0.25, -0.2) is 0 Å². The Bertz CT molecular complexity index is 1190. The van der Waals surface area contributed by atoms with E-state index in [4.69, 9.17) is 9.47 Å². The van der Waals surface area contributed by atoms with Gasteiger partial charge < -0.3 is 19.3 Å². The van der Waals surface area contributed by atoms with Crippen LogP contribution >= 0.6 is 0 Å². The van der Waals surface area contributed by atoms with Crippen molar-refractivity contribution in [3.05, 3.63) is 72.1 Å². The fourth-order valence-corrected chi connectivity index (χ4v) is 5.01. The van der Waals surface area contributed by atoms with Gasteiger partial charge in [0.15, 0.2) is 0 Å². The molecule has 35 heavy (non-hydrogen) atoms. The van der Waals surface area contributed by atoms with Crippen LogP contribution < -0.4 is 4.74 Å². The largest absolute Gasteiger partial charge is 0.491 e. The van der Waals surface area contributed by atoms with E-state index in [0.717, 1.165) is 24.8 Å². The van der Waals surface area contributed by atoms with Crippen LogP contribution in [0.15, 0.2) is 60.9 Å². The van der Waals surface area contributed by atoms with Crippen molar-refractivity contribution in [1.29, 1.82) is 0 Å². The summed E-state index contributed by atoms with van der Waals surface area (Å²) < 4.78 is 11.9. The van der Waals surface area contributed by atoms with Gasteiger partial charge in [0.1, 0.15) is 12.4 Å². The lowest BCUT2D eigenvalue weighted by Gasteiger charge is -2.25. The normalized spacial score (nSPS) is 18.6. The zero-order valence-corrected chi connectivity index (χ0v) is 19.9. The van der Waals surface area contributed by atoms with Gasteiger partial charge >= 0.3 is 0 Å². The maximum Gasteiger partial charge on any atom is 0.257 e. The smallest absolute Gasteiger partial charge is 0.257 e. The number of hydrogen-bond acceptors (Lipinski definition) is 5. The molecule has 2 aromatic carbocycles. The SMILES string of the molecule is O=C1CCCN1CCOc1ccccc1C(=O)N1CCOCC(Cc2cccc3cnccc23)C1. The Morgan fingerprint density at radius 1 is 1.11 bits per heavy atom. The molecule has 3 heterocycles. The van der Waals surface area contributed by atoms with Crippen molar-refractivity contribution in [1.82, 2.24) is 14.8 Å². The second-order valence-corrected chi connectivity index (χ2v) is 9.24. The average molecular weight is 474 g/mol. The molecule has 0 aliphatic carbocycles. The van der Waals surface area contributed by atoms with Crippen molar-refractivity contribution >= 4 is 22.6 Å². The van der Waals surface area contributed by atoms with E-state index in [9.17, 15) is 9.59 Å². The molecule has 0 saturated carbocycles. The van der Waals surface area contributed by atoms with Crippen molar-refractivity contribution in [2.45, 2.75) is 19.3 Å². The molecule has 2 aliphatic rings. The number of carbonyl (C=O) groups is 2. The van der Waals surface area contributed by atoms with Crippen molar-refractivity contribution < 1.29 is 19.1 Å². The molecule has 2 amide bonds. The quantitative estimate of drug-likeness (QED) is 0.525. The lowest BCUT2D eigenvalue weighted by molar-refractivity contribution is -0.128. The van der Waals surface area contributed by atoms with Gasteiger partial charge in [0.2, 0.25) is 5.91 Å². The summed E-state index contributed by atoms with van der Waals surface area (Å²) in [6.07, 6.45) is 6.05. The number of para-hydroxylation sites is 1. The molecular weight excluding hydrogens is 442 g/mol. The molecule has 1 unspecified atom stereocenters. The van der Waals surface area contributed by atoms with E-state index in [1.54, 1.807) is 0 Å². The standard InChI is InChI=1S/C28H31N3O4/c32-27-9-4-12-30(27)14-16-35-26-8-2-1-7-25(26)28(33)31-13-15-34-20-21(19-31)17-22-5-3-6-23-18-29-11-10-24(22)23/h1-3,5-8,10-11,18,21H,4,9,12-17,19-20H2. The number of ether oxygens (including phenoxy) is 2. The van der Waals surface area contributed by atoms with Crippen LogP contribution in [0.5, 0.6) is 5.75 Å². The van der Waals surface area contributed by atoms with Crippen molar-refractivity contribution in [2.24, 2.45) is 5.92 Å². The van der Waals surface area contributed by atoms with Crippen LogP contribution in [0.1, 0.15) is 28.8 Å². The molecule has 0 N–H and O–H groups in total. The molecule has 2 saturated heterocycles. The van der Waals surface area contributed by atoms with E-state index in [0.29, 0.717) is 57.2 Å². The number of nitrogens with zero attached hydrogens (tertiary/aromatic N) is 3. The van der Waals surface area contributed by atoms with Gasteiger partial charge in [-0.1, -0.05) is 30.3 Å². The zero-order chi connectivity index (χ0) is 24.0. The summed E-state index contributed by atoms with van der Waals surface area (Å²) in [4.78, 5) is 33.4. The van der Waals surface area contributed by atoms with E-state index in [1.165, 1.54) is 10.9 Å². The van der Waals surface area contributed by atoms with Crippen molar-refractivity contribution in [2.75, 3.05) is 46.0 Å². The monoisotopic (exact) mass is 473 g/mol. The minimum Gasteiger partial charge on any atom is -0.491 e. The molecule has 2 aliphatic heterocycles. The molecule has 5 rings (SSSR count). The predicted octanol–water partition coefficient (Wildman–Crippen LogP) is 3.57. The van der Waals surface area contributed by atoms with Crippen molar-refractivity contribution in [3.63, 3.8) is 0 Å². The number of fused-ring (bicyclic) bond motifs is 1. The van der Waals surface area contributed by atoms with Crippen LogP contribution in [0.25, 0.3) is 10.8 Å². The van der Waals surface area contributed by atoms with Crippen LogP contribution in [0.4, 0.5) is 0 Å². The maximum atomic E-state index is 13.6. The van der Waals surface area contributed by atoms with Crippen LogP contribution in [0.2, 0.25) is 0 Å². The number of benzene rings is 2. The summed E-state index contributed by atoms with van der Waals surface area (Å²) in [6.45, 7) is 4.00. The first-order valence-corrected chi connectivity index (χ1v) is 12.4. The third-order valence-corrected chi connectivity index (χ3v) is 6.81. The number of aromatic nitrogens is 1. The summed E-state index contributed by atoms with van der Waals surface area (Å²) in [6, 6.07) is 15.7. The van der Waals surface area contributed by atoms with Crippen LogP contribution in [0, 0.1) is 5.92 Å². The fraction of sp³-hybridized carbons (Fsp3) is 0.393. The molecule has 0 bridgehead atoms. The third-order valence-electron chi connectivity index (χ3n) is 6.81. The molecule has 2 fully saturated rings. The number of likely N-dealkylation sites (tertiary alicyclic amines) is 1. The van der Waals surface area contributed by atoms with E-state index in [1.807, 2.05) is 46.5 Å². The van der Waals surface area contributed by atoms with Crippen LogP contribution in [-0.2, 0) is 16.0 Å². The van der Waals surface area contributed by atoms with Crippen LogP contribution in [-0.4, -0.2) is 72.6 Å². The topological polar surface area (TPSA) is 72.0 Å². The Morgan fingerprint density at radius 3 is 2.91 bits per heavy atom. The molecule has 7 nitrogen and oxygen atoms in total. The second-order valence-electron chi connectivity index (χ2n) is 9.24. The second kappa shape index (κ2) is 10.9. The number of amides is 2. The lowest BCUT2D eigenvalue weighted by Crippen LogP contribution is -2.36. The first-order chi connectivity index (χ1) is 17.2. The molecule has 1 atom stereocenters. The van der Waals surface area contributed by atoms with Crippen LogP contribution in [0.3, 0.4) is 0 Å².